The molecule has 0 saturated carbocycles. The number of rotatable bonds is 7. The summed E-state index contributed by atoms with van der Waals surface area (Å²) in [5.41, 5.74) is 0.945. The van der Waals surface area contributed by atoms with Crippen molar-refractivity contribution in [2.24, 2.45) is 0 Å². The number of hydrogen-bond acceptors (Lipinski definition) is 4. The zero-order valence-electron chi connectivity index (χ0n) is 18.3. The maximum atomic E-state index is 13.4. The zero-order valence-corrected chi connectivity index (χ0v) is 19.9. The van der Waals surface area contributed by atoms with Gasteiger partial charge < -0.3 is 20.6 Å². The molecular weight excluding hydrogens is 460 g/mol. The Morgan fingerprint density at radius 3 is 2.52 bits per heavy atom. The molecule has 1 aliphatic heterocycles. The van der Waals surface area contributed by atoms with Crippen molar-refractivity contribution in [2.45, 2.75) is 33.4 Å². The van der Waals surface area contributed by atoms with Crippen LogP contribution in [0.15, 0.2) is 40.9 Å². The fourth-order valence-electron chi connectivity index (χ4n) is 3.74. The number of benzene rings is 2. The molecule has 3 rings (SSSR count). The molecule has 0 spiro atoms. The molecule has 1 aliphatic rings. The van der Waals surface area contributed by atoms with Crippen molar-refractivity contribution in [3.05, 3.63) is 57.6 Å². The van der Waals surface area contributed by atoms with Crippen molar-refractivity contribution in [3.63, 3.8) is 0 Å². The number of hydrogen-bond donors (Lipinski definition) is 3. The second kappa shape index (κ2) is 9.38. The largest absolute Gasteiger partial charge is 0.359 e. The van der Waals surface area contributed by atoms with Crippen molar-refractivity contribution in [3.8, 4) is 0 Å². The molecule has 2 aromatic carbocycles. The van der Waals surface area contributed by atoms with E-state index in [1.54, 1.807) is 30.3 Å². The third-order valence-electron chi connectivity index (χ3n) is 5.80. The van der Waals surface area contributed by atoms with Crippen molar-refractivity contribution in [1.82, 2.24) is 10.2 Å². The fraction of sp³-hybridized carbons (Fsp3) is 0.391. The predicted molar refractivity (Wildman–Crippen MR) is 126 cm³/mol. The van der Waals surface area contributed by atoms with Gasteiger partial charge in [-0.15, -0.1) is 0 Å². The Labute approximate surface area is 191 Å². The molecule has 0 bridgehead atoms. The Balaban J connectivity index is 2.05. The molecule has 1 heterocycles. The predicted octanol–water partition coefficient (Wildman–Crippen LogP) is 3.72. The summed E-state index contributed by atoms with van der Waals surface area (Å²) in [6.45, 7) is 10.7. The van der Waals surface area contributed by atoms with Crippen LogP contribution in [0.1, 0.15) is 30.5 Å². The topological polar surface area (TPSA) is 84.9 Å². The quantitative estimate of drug-likeness (QED) is 0.554. The summed E-state index contributed by atoms with van der Waals surface area (Å²) in [4.78, 5) is 29.8. The number of urea groups is 1. The van der Waals surface area contributed by atoms with E-state index in [1.807, 2.05) is 19.9 Å². The number of aliphatic hydroxyl groups is 1. The van der Waals surface area contributed by atoms with Crippen LogP contribution < -0.4 is 15.5 Å². The Morgan fingerprint density at radius 1 is 1.16 bits per heavy atom. The standard InChI is InChI=1S/C23H29BrN4O3/c1-5-27(6-2)12-11-25-21(29)23(31)19-14-17(24)8-10-20(19)26-22(30)28(23)18-9-7-15(3)16(4)13-18/h7-10,13-14,31H,5-6,11-12H2,1-4H3,(H,25,29)(H,26,30)/t23-/m0/s1. The number of amides is 3. The summed E-state index contributed by atoms with van der Waals surface area (Å²) in [5.74, 6) is -0.646. The first-order chi connectivity index (χ1) is 14.7. The lowest BCUT2D eigenvalue weighted by atomic mass is 9.94. The van der Waals surface area contributed by atoms with Crippen LogP contribution in [0, 0.1) is 13.8 Å². The minimum atomic E-state index is -2.20. The number of nitrogens with one attached hydrogen (secondary N) is 2. The van der Waals surface area contributed by atoms with Crippen LogP contribution in [0.3, 0.4) is 0 Å². The molecule has 8 heteroatoms. The first-order valence-corrected chi connectivity index (χ1v) is 11.2. The second-order valence-corrected chi connectivity index (χ2v) is 8.59. The van der Waals surface area contributed by atoms with Crippen LogP contribution in [0.4, 0.5) is 16.2 Å². The van der Waals surface area contributed by atoms with E-state index in [0.29, 0.717) is 34.5 Å². The van der Waals surface area contributed by atoms with Gasteiger partial charge in [0, 0.05) is 28.8 Å². The van der Waals surface area contributed by atoms with E-state index in [2.05, 4.69) is 45.3 Å². The van der Waals surface area contributed by atoms with E-state index >= 15 is 0 Å². The summed E-state index contributed by atoms with van der Waals surface area (Å²) in [6, 6.07) is 9.91. The highest BCUT2D eigenvalue weighted by Crippen LogP contribution is 2.41. The normalized spacial score (nSPS) is 18.0. The smallest absolute Gasteiger partial charge is 0.329 e. The summed E-state index contributed by atoms with van der Waals surface area (Å²) in [7, 11) is 0. The van der Waals surface area contributed by atoms with Crippen molar-refractivity contribution >= 4 is 39.2 Å². The van der Waals surface area contributed by atoms with Gasteiger partial charge in [-0.25, -0.2) is 4.79 Å². The molecule has 3 amide bonds. The number of likely N-dealkylation sites (N-methyl/N-ethyl adjacent to an activating group) is 1. The van der Waals surface area contributed by atoms with Gasteiger partial charge in [0.15, 0.2) is 0 Å². The maximum Gasteiger partial charge on any atom is 0.329 e. The zero-order chi connectivity index (χ0) is 22.8. The van der Waals surface area contributed by atoms with Crippen LogP contribution in [-0.2, 0) is 10.5 Å². The summed E-state index contributed by atoms with van der Waals surface area (Å²) in [6.07, 6.45) is 0. The lowest BCUT2D eigenvalue weighted by Gasteiger charge is -2.43. The van der Waals surface area contributed by atoms with E-state index in [-0.39, 0.29) is 0 Å². The molecule has 0 aliphatic carbocycles. The average Bonchev–Trinajstić information content (AvgIpc) is 2.74. The lowest BCUT2D eigenvalue weighted by molar-refractivity contribution is -0.140. The molecule has 166 valence electrons. The van der Waals surface area contributed by atoms with Gasteiger partial charge in [-0.2, -0.15) is 0 Å². The van der Waals surface area contributed by atoms with Crippen LogP contribution >= 0.6 is 15.9 Å². The molecule has 0 unspecified atom stereocenters. The number of aryl methyl sites for hydroxylation is 2. The molecule has 0 aromatic heterocycles. The number of carbonyl (C=O) groups excluding carboxylic acids is 2. The Bertz CT molecular complexity index is 993. The van der Waals surface area contributed by atoms with Crippen LogP contribution in [0.25, 0.3) is 0 Å². The van der Waals surface area contributed by atoms with E-state index < -0.39 is 17.7 Å². The van der Waals surface area contributed by atoms with Crippen molar-refractivity contribution in [1.29, 1.82) is 0 Å². The average molecular weight is 489 g/mol. The Morgan fingerprint density at radius 2 is 1.87 bits per heavy atom. The second-order valence-electron chi connectivity index (χ2n) is 7.68. The number of anilines is 2. The van der Waals surface area contributed by atoms with E-state index in [0.717, 1.165) is 29.1 Å². The van der Waals surface area contributed by atoms with E-state index in [9.17, 15) is 14.7 Å². The van der Waals surface area contributed by atoms with E-state index in [4.69, 9.17) is 0 Å². The Kier molecular flexibility index (Phi) is 7.03. The van der Waals surface area contributed by atoms with Gasteiger partial charge >= 0.3 is 6.03 Å². The van der Waals surface area contributed by atoms with Gasteiger partial charge in [0.05, 0.1) is 5.69 Å². The third kappa shape index (κ3) is 4.46. The molecular formula is C23H29BrN4O3. The molecule has 7 nitrogen and oxygen atoms in total. The molecule has 31 heavy (non-hydrogen) atoms. The number of carbonyl (C=O) groups is 2. The highest BCUT2D eigenvalue weighted by molar-refractivity contribution is 9.10. The molecule has 0 radical (unpaired) electrons. The molecule has 2 aromatic rings. The van der Waals surface area contributed by atoms with Gasteiger partial charge in [0.2, 0.25) is 0 Å². The highest BCUT2D eigenvalue weighted by atomic mass is 79.9. The fourth-order valence-corrected chi connectivity index (χ4v) is 4.10. The van der Waals surface area contributed by atoms with Crippen LogP contribution in [-0.4, -0.2) is 48.1 Å². The van der Waals surface area contributed by atoms with Crippen LogP contribution in [0.5, 0.6) is 0 Å². The maximum absolute atomic E-state index is 13.4. The van der Waals surface area contributed by atoms with Gasteiger partial charge in [0.1, 0.15) is 0 Å². The minimum absolute atomic E-state index is 0.306. The number of halogens is 1. The molecule has 0 saturated heterocycles. The van der Waals surface area contributed by atoms with Gasteiger partial charge in [-0.1, -0.05) is 35.8 Å². The van der Waals surface area contributed by atoms with Gasteiger partial charge in [-0.3, -0.25) is 9.69 Å². The minimum Gasteiger partial charge on any atom is -0.359 e. The summed E-state index contributed by atoms with van der Waals surface area (Å²) in [5, 5.41) is 17.5. The SMILES string of the molecule is CCN(CC)CCNC(=O)[C@@]1(O)c2cc(Br)ccc2NC(=O)N1c1ccc(C)c(C)c1. The van der Waals surface area contributed by atoms with Crippen molar-refractivity contribution in [2.75, 3.05) is 36.4 Å². The van der Waals surface area contributed by atoms with Crippen LogP contribution in [0.2, 0.25) is 0 Å². The van der Waals surface area contributed by atoms with E-state index in [1.165, 1.54) is 0 Å². The summed E-state index contributed by atoms with van der Waals surface area (Å²) >= 11 is 3.41. The lowest BCUT2D eigenvalue weighted by Crippen LogP contribution is -2.63. The third-order valence-corrected chi connectivity index (χ3v) is 6.29. The molecule has 3 N–H and O–H groups in total. The highest BCUT2D eigenvalue weighted by Gasteiger charge is 2.52. The Hall–Kier alpha value is -2.42. The monoisotopic (exact) mass is 488 g/mol. The number of nitrogens with zero attached hydrogens (tertiary/aromatic N) is 2. The summed E-state index contributed by atoms with van der Waals surface area (Å²) < 4.78 is 0.691. The van der Waals surface area contributed by atoms with Gasteiger partial charge in [-0.05, 0) is 68.4 Å². The number of fused-ring (bicyclic) bond motifs is 1. The first kappa shape index (κ1) is 23.2. The first-order valence-electron chi connectivity index (χ1n) is 10.4. The van der Waals surface area contributed by atoms with Crippen molar-refractivity contribution < 1.29 is 14.7 Å². The van der Waals surface area contributed by atoms with Gasteiger partial charge in [0.25, 0.3) is 11.6 Å². The molecule has 1 atom stereocenters. The molecule has 0 fully saturated rings.